The van der Waals surface area contributed by atoms with Gasteiger partial charge in [-0.2, -0.15) is 0 Å². The van der Waals surface area contributed by atoms with Gasteiger partial charge in [-0.3, -0.25) is 14.4 Å². The summed E-state index contributed by atoms with van der Waals surface area (Å²) in [5.74, 6) is -0.966. The second kappa shape index (κ2) is 7.01. The van der Waals surface area contributed by atoms with Crippen LogP contribution in [0.25, 0.3) is 11.0 Å². The van der Waals surface area contributed by atoms with E-state index in [9.17, 15) is 14.4 Å². The van der Waals surface area contributed by atoms with Gasteiger partial charge in [0.05, 0.1) is 11.0 Å². The van der Waals surface area contributed by atoms with E-state index in [-0.39, 0.29) is 23.5 Å². The Balaban J connectivity index is 0.00000220. The summed E-state index contributed by atoms with van der Waals surface area (Å²) >= 11 is 3.30. The molecule has 7 nitrogen and oxygen atoms in total. The molecule has 0 aliphatic carbocycles. The Hall–Kier alpha value is -1.45. The van der Waals surface area contributed by atoms with Crippen molar-refractivity contribution < 1.29 is 9.90 Å². The lowest BCUT2D eigenvalue weighted by Crippen LogP contribution is -2.33. The van der Waals surface area contributed by atoms with Gasteiger partial charge < -0.3 is 20.4 Å². The summed E-state index contributed by atoms with van der Waals surface area (Å²) in [4.78, 5) is 38.4. The Morgan fingerprint density at radius 1 is 1.33 bits per heavy atom. The minimum absolute atomic E-state index is 0. The highest BCUT2D eigenvalue weighted by atomic mass is 79.9. The van der Waals surface area contributed by atoms with E-state index in [1.807, 2.05) is 0 Å². The van der Waals surface area contributed by atoms with Crippen LogP contribution in [0.2, 0.25) is 0 Å². The molecule has 114 valence electrons. The first-order chi connectivity index (χ1) is 9.38. The number of fused-ring (bicyclic) bond motifs is 1. The Kier molecular flexibility index (Phi) is 5.87. The van der Waals surface area contributed by atoms with Crippen molar-refractivity contribution in [2.24, 2.45) is 0 Å². The number of hydrogen-bond acceptors (Lipinski definition) is 4. The fourth-order valence-electron chi connectivity index (χ4n) is 1.75. The van der Waals surface area contributed by atoms with Gasteiger partial charge in [0.1, 0.15) is 6.04 Å². The van der Waals surface area contributed by atoms with Crippen molar-refractivity contribution in [1.82, 2.24) is 15.3 Å². The minimum atomic E-state index is -0.966. The number of aliphatic carboxylic acids is 1. The molecular formula is C12H13Br2N3O4. The first kappa shape index (κ1) is 17.6. The number of hydrogen-bond donors (Lipinski definition) is 4. The molecule has 1 aromatic heterocycles. The summed E-state index contributed by atoms with van der Waals surface area (Å²) < 4.78 is 0.715. The van der Waals surface area contributed by atoms with E-state index in [2.05, 4.69) is 31.2 Å². The number of H-pyrrole nitrogens is 2. The van der Waals surface area contributed by atoms with Gasteiger partial charge in [0.15, 0.2) is 0 Å². The van der Waals surface area contributed by atoms with Crippen LogP contribution in [0, 0.1) is 0 Å². The average Bonchev–Trinajstić information content (AvgIpc) is 2.37. The highest BCUT2D eigenvalue weighted by Crippen LogP contribution is 2.20. The molecule has 1 heterocycles. The number of carbonyl (C=O) groups is 1. The SMILES string of the molecule is Br.C[C@H](NCc1cc(Br)cc2[nH]c(=O)c(=O)[nH]c12)C(=O)O. The molecule has 0 bridgehead atoms. The van der Waals surface area contributed by atoms with Crippen LogP contribution in [-0.2, 0) is 11.3 Å². The van der Waals surface area contributed by atoms with Gasteiger partial charge in [0.25, 0.3) is 0 Å². The Labute approximate surface area is 137 Å². The van der Waals surface area contributed by atoms with Crippen molar-refractivity contribution in [2.45, 2.75) is 19.5 Å². The molecule has 0 spiro atoms. The van der Waals surface area contributed by atoms with Crippen LogP contribution in [0.3, 0.4) is 0 Å². The Bertz CT molecular complexity index is 784. The van der Waals surface area contributed by atoms with Crippen LogP contribution in [0.15, 0.2) is 26.2 Å². The number of aromatic amines is 2. The van der Waals surface area contributed by atoms with Gasteiger partial charge in [-0.15, -0.1) is 17.0 Å². The van der Waals surface area contributed by atoms with Gasteiger partial charge in [-0.05, 0) is 24.6 Å². The third-order valence-corrected chi connectivity index (χ3v) is 3.30. The molecule has 0 radical (unpaired) electrons. The van der Waals surface area contributed by atoms with Gasteiger partial charge in [0, 0.05) is 11.0 Å². The Morgan fingerprint density at radius 2 is 1.95 bits per heavy atom. The van der Waals surface area contributed by atoms with Crippen LogP contribution in [-0.4, -0.2) is 27.1 Å². The van der Waals surface area contributed by atoms with E-state index in [1.165, 1.54) is 6.92 Å². The first-order valence-electron chi connectivity index (χ1n) is 5.79. The molecule has 1 aromatic carbocycles. The van der Waals surface area contributed by atoms with E-state index in [4.69, 9.17) is 5.11 Å². The van der Waals surface area contributed by atoms with Crippen LogP contribution >= 0.6 is 32.9 Å². The standard InChI is InChI=1S/C12H12BrN3O4.BrH/c1-5(12(19)20)14-4-6-2-7(13)3-8-9(6)16-11(18)10(17)15-8;/h2-3,5,14H,4H2,1H3,(H,15,17)(H,16,18)(H,19,20);1H/t5-;/m0./s1. The maximum absolute atomic E-state index is 11.4. The van der Waals surface area contributed by atoms with Crippen molar-refractivity contribution in [3.8, 4) is 0 Å². The molecule has 0 saturated heterocycles. The van der Waals surface area contributed by atoms with Crippen molar-refractivity contribution in [3.63, 3.8) is 0 Å². The van der Waals surface area contributed by atoms with E-state index in [1.54, 1.807) is 12.1 Å². The Morgan fingerprint density at radius 3 is 2.57 bits per heavy atom. The van der Waals surface area contributed by atoms with Gasteiger partial charge >= 0.3 is 17.1 Å². The van der Waals surface area contributed by atoms with Crippen molar-refractivity contribution in [1.29, 1.82) is 0 Å². The number of halogens is 2. The molecule has 9 heteroatoms. The third-order valence-electron chi connectivity index (χ3n) is 2.85. The average molecular weight is 423 g/mol. The molecule has 2 rings (SSSR count). The summed E-state index contributed by atoms with van der Waals surface area (Å²) in [6, 6.07) is 2.69. The summed E-state index contributed by atoms with van der Waals surface area (Å²) in [7, 11) is 0. The highest BCUT2D eigenvalue weighted by Gasteiger charge is 2.12. The van der Waals surface area contributed by atoms with Crippen molar-refractivity contribution >= 4 is 49.9 Å². The van der Waals surface area contributed by atoms with E-state index < -0.39 is 23.1 Å². The number of carboxylic acid groups (broad SMARTS) is 1. The fourth-order valence-corrected chi connectivity index (χ4v) is 2.25. The monoisotopic (exact) mass is 421 g/mol. The minimum Gasteiger partial charge on any atom is -0.480 e. The predicted molar refractivity (Wildman–Crippen MR) is 87.1 cm³/mol. The van der Waals surface area contributed by atoms with E-state index in [0.29, 0.717) is 21.1 Å². The third kappa shape index (κ3) is 4.02. The molecule has 21 heavy (non-hydrogen) atoms. The molecule has 1 atom stereocenters. The summed E-state index contributed by atoms with van der Waals surface area (Å²) in [5, 5.41) is 11.6. The molecule has 0 unspecified atom stereocenters. The number of aromatic nitrogens is 2. The van der Waals surface area contributed by atoms with Gasteiger partial charge in [0.2, 0.25) is 0 Å². The number of carboxylic acids is 1. The lowest BCUT2D eigenvalue weighted by Gasteiger charge is -2.11. The van der Waals surface area contributed by atoms with Crippen LogP contribution in [0.5, 0.6) is 0 Å². The molecule has 0 aliphatic rings. The number of benzene rings is 1. The zero-order valence-corrected chi connectivity index (χ0v) is 14.2. The normalized spacial score (nSPS) is 11.9. The van der Waals surface area contributed by atoms with E-state index in [0.717, 1.165) is 0 Å². The second-order valence-electron chi connectivity index (χ2n) is 4.34. The quantitative estimate of drug-likeness (QED) is 0.551. The predicted octanol–water partition coefficient (Wildman–Crippen LogP) is 1.12. The number of nitrogens with one attached hydrogen (secondary N) is 3. The van der Waals surface area contributed by atoms with Crippen LogP contribution in [0.4, 0.5) is 0 Å². The van der Waals surface area contributed by atoms with E-state index >= 15 is 0 Å². The van der Waals surface area contributed by atoms with Crippen molar-refractivity contribution in [3.05, 3.63) is 42.9 Å². The smallest absolute Gasteiger partial charge is 0.320 e. The highest BCUT2D eigenvalue weighted by molar-refractivity contribution is 9.10. The molecule has 0 saturated carbocycles. The van der Waals surface area contributed by atoms with Crippen LogP contribution in [0.1, 0.15) is 12.5 Å². The van der Waals surface area contributed by atoms with Crippen LogP contribution < -0.4 is 16.4 Å². The first-order valence-corrected chi connectivity index (χ1v) is 6.58. The topological polar surface area (TPSA) is 115 Å². The summed E-state index contributed by atoms with van der Waals surface area (Å²) in [6.07, 6.45) is 0. The summed E-state index contributed by atoms with van der Waals surface area (Å²) in [5.41, 5.74) is 0.156. The second-order valence-corrected chi connectivity index (χ2v) is 5.25. The maximum atomic E-state index is 11.4. The molecule has 0 fully saturated rings. The fraction of sp³-hybridized carbons (Fsp3) is 0.250. The molecule has 4 N–H and O–H groups in total. The zero-order chi connectivity index (χ0) is 14.9. The largest absolute Gasteiger partial charge is 0.480 e. The van der Waals surface area contributed by atoms with Gasteiger partial charge in [-0.25, -0.2) is 0 Å². The molecule has 2 aromatic rings. The lowest BCUT2D eigenvalue weighted by molar-refractivity contribution is -0.139. The molecular weight excluding hydrogens is 410 g/mol. The molecule has 0 amide bonds. The summed E-state index contributed by atoms with van der Waals surface area (Å²) in [6.45, 7) is 1.76. The zero-order valence-electron chi connectivity index (χ0n) is 10.9. The number of rotatable bonds is 4. The maximum Gasteiger partial charge on any atom is 0.320 e. The van der Waals surface area contributed by atoms with Gasteiger partial charge in [-0.1, -0.05) is 15.9 Å². The molecule has 0 aliphatic heterocycles. The lowest BCUT2D eigenvalue weighted by atomic mass is 10.1. The van der Waals surface area contributed by atoms with Crippen molar-refractivity contribution in [2.75, 3.05) is 0 Å².